The molecule has 7 heteroatoms. The first-order valence-electron chi connectivity index (χ1n) is 7.47. The molecule has 1 amide bonds. The Kier molecular flexibility index (Phi) is 4.94. The highest BCUT2D eigenvalue weighted by atomic mass is 19.1. The van der Waals surface area contributed by atoms with E-state index < -0.39 is 11.6 Å². The second kappa shape index (κ2) is 7.48. The van der Waals surface area contributed by atoms with E-state index >= 15 is 0 Å². The summed E-state index contributed by atoms with van der Waals surface area (Å²) in [6, 6.07) is 10.2. The van der Waals surface area contributed by atoms with Crippen LogP contribution in [0, 0.1) is 11.6 Å². The van der Waals surface area contributed by atoms with Crippen LogP contribution in [0.2, 0.25) is 0 Å². The molecule has 0 spiro atoms. The second-order valence-corrected chi connectivity index (χ2v) is 5.20. The summed E-state index contributed by atoms with van der Waals surface area (Å²) in [7, 11) is 0. The maximum absolute atomic E-state index is 13.6. The van der Waals surface area contributed by atoms with Crippen molar-refractivity contribution in [3.05, 3.63) is 83.9 Å². The number of nitrogens with zero attached hydrogens (tertiary/aromatic N) is 2. The van der Waals surface area contributed by atoms with Gasteiger partial charge in [0.05, 0.1) is 11.9 Å². The van der Waals surface area contributed by atoms with E-state index in [0.717, 1.165) is 17.7 Å². The van der Waals surface area contributed by atoms with Crippen LogP contribution in [0.25, 0.3) is 0 Å². The second-order valence-electron chi connectivity index (χ2n) is 5.20. The molecule has 0 aliphatic carbocycles. The van der Waals surface area contributed by atoms with Gasteiger partial charge in [-0.15, -0.1) is 0 Å². The fourth-order valence-electron chi connectivity index (χ4n) is 2.14. The molecule has 2 heterocycles. The number of anilines is 2. The van der Waals surface area contributed by atoms with Crippen LogP contribution in [0.15, 0.2) is 61.1 Å². The number of hydrogen-bond donors (Lipinski definition) is 2. The van der Waals surface area contributed by atoms with E-state index in [0.29, 0.717) is 12.2 Å². The number of halogens is 2. The van der Waals surface area contributed by atoms with Gasteiger partial charge >= 0.3 is 0 Å². The first-order valence-corrected chi connectivity index (χ1v) is 7.47. The predicted octanol–water partition coefficient (Wildman–Crippen LogP) is 3.43. The van der Waals surface area contributed by atoms with Crippen LogP contribution >= 0.6 is 0 Å². The number of hydrogen-bond acceptors (Lipinski definition) is 4. The lowest BCUT2D eigenvalue weighted by Gasteiger charge is -2.09. The van der Waals surface area contributed by atoms with Gasteiger partial charge in [-0.2, -0.15) is 0 Å². The molecule has 0 atom stereocenters. The molecular formula is C18H14F2N4O. The predicted molar refractivity (Wildman–Crippen MR) is 89.3 cm³/mol. The van der Waals surface area contributed by atoms with Crippen LogP contribution in [-0.2, 0) is 6.54 Å². The molecule has 0 aliphatic heterocycles. The van der Waals surface area contributed by atoms with Gasteiger partial charge in [0.15, 0.2) is 0 Å². The number of carbonyl (C=O) groups excluding carboxylic acids is 1. The Morgan fingerprint density at radius 2 is 1.80 bits per heavy atom. The highest BCUT2D eigenvalue weighted by molar-refractivity contribution is 5.92. The van der Waals surface area contributed by atoms with Gasteiger partial charge in [0.25, 0.3) is 5.91 Å². The van der Waals surface area contributed by atoms with Crippen molar-refractivity contribution in [1.82, 2.24) is 15.3 Å². The molecule has 0 bridgehead atoms. The standard InChI is InChI=1S/C18H14F2N4O/c19-14-4-1-5-15(20)17(14)24-13-6-7-16(22-11-13)18(25)23-10-12-3-2-8-21-9-12/h1-9,11,24H,10H2,(H,23,25). The topological polar surface area (TPSA) is 66.9 Å². The Bertz CT molecular complexity index is 850. The van der Waals surface area contributed by atoms with Crippen LogP contribution < -0.4 is 10.6 Å². The van der Waals surface area contributed by atoms with Crippen molar-refractivity contribution in [1.29, 1.82) is 0 Å². The fraction of sp³-hybridized carbons (Fsp3) is 0.0556. The molecule has 0 unspecified atom stereocenters. The first-order chi connectivity index (χ1) is 12.1. The van der Waals surface area contributed by atoms with Crippen molar-refractivity contribution >= 4 is 17.3 Å². The Hall–Kier alpha value is -3.35. The molecule has 2 N–H and O–H groups in total. The number of pyridine rings is 2. The molecule has 25 heavy (non-hydrogen) atoms. The largest absolute Gasteiger partial charge is 0.349 e. The van der Waals surface area contributed by atoms with Gasteiger partial charge in [-0.1, -0.05) is 12.1 Å². The molecule has 0 saturated heterocycles. The molecule has 3 aromatic rings. The van der Waals surface area contributed by atoms with E-state index in [4.69, 9.17) is 0 Å². The van der Waals surface area contributed by atoms with Gasteiger partial charge in [0.2, 0.25) is 0 Å². The number of amides is 1. The minimum absolute atomic E-state index is 0.198. The lowest BCUT2D eigenvalue weighted by atomic mass is 10.2. The lowest BCUT2D eigenvalue weighted by molar-refractivity contribution is 0.0946. The summed E-state index contributed by atoms with van der Waals surface area (Å²) in [6.07, 6.45) is 4.64. The van der Waals surface area contributed by atoms with E-state index in [1.165, 1.54) is 24.4 Å². The third kappa shape index (κ3) is 4.14. The normalized spacial score (nSPS) is 10.3. The Balaban J connectivity index is 1.64. The maximum atomic E-state index is 13.6. The Morgan fingerprint density at radius 3 is 2.44 bits per heavy atom. The monoisotopic (exact) mass is 340 g/mol. The molecule has 5 nitrogen and oxygen atoms in total. The summed E-state index contributed by atoms with van der Waals surface area (Å²) in [5, 5.41) is 5.33. The van der Waals surface area contributed by atoms with Crippen LogP contribution in [0.1, 0.15) is 16.1 Å². The molecule has 3 rings (SSSR count). The van der Waals surface area contributed by atoms with Gasteiger partial charge in [-0.25, -0.2) is 13.8 Å². The van der Waals surface area contributed by atoms with Crippen molar-refractivity contribution < 1.29 is 13.6 Å². The quantitative estimate of drug-likeness (QED) is 0.747. The molecule has 126 valence electrons. The van der Waals surface area contributed by atoms with E-state index in [2.05, 4.69) is 20.6 Å². The van der Waals surface area contributed by atoms with Crippen molar-refractivity contribution in [2.24, 2.45) is 0 Å². The average molecular weight is 340 g/mol. The Morgan fingerprint density at radius 1 is 1.00 bits per heavy atom. The molecule has 0 saturated carbocycles. The summed E-state index contributed by atoms with van der Waals surface area (Å²) in [4.78, 5) is 20.0. The van der Waals surface area contributed by atoms with Crippen molar-refractivity contribution in [3.63, 3.8) is 0 Å². The maximum Gasteiger partial charge on any atom is 0.270 e. The van der Waals surface area contributed by atoms with Gasteiger partial charge in [-0.3, -0.25) is 9.78 Å². The lowest BCUT2D eigenvalue weighted by Crippen LogP contribution is -2.23. The molecule has 2 aromatic heterocycles. The average Bonchev–Trinajstić information content (AvgIpc) is 2.64. The van der Waals surface area contributed by atoms with Gasteiger partial charge < -0.3 is 10.6 Å². The van der Waals surface area contributed by atoms with E-state index in [1.807, 2.05) is 6.07 Å². The van der Waals surface area contributed by atoms with Crippen LogP contribution in [0.3, 0.4) is 0 Å². The number of aromatic nitrogens is 2. The van der Waals surface area contributed by atoms with E-state index in [-0.39, 0.29) is 17.3 Å². The molecule has 0 aliphatic rings. The summed E-state index contributed by atoms with van der Waals surface area (Å²) in [5.41, 5.74) is 1.17. The highest BCUT2D eigenvalue weighted by Gasteiger charge is 2.10. The zero-order valence-corrected chi connectivity index (χ0v) is 13.0. The van der Waals surface area contributed by atoms with Gasteiger partial charge in [0.1, 0.15) is 23.0 Å². The van der Waals surface area contributed by atoms with Crippen molar-refractivity contribution in [2.45, 2.75) is 6.54 Å². The van der Waals surface area contributed by atoms with Crippen molar-refractivity contribution in [3.8, 4) is 0 Å². The van der Waals surface area contributed by atoms with Crippen LogP contribution in [-0.4, -0.2) is 15.9 Å². The fourth-order valence-corrected chi connectivity index (χ4v) is 2.14. The van der Waals surface area contributed by atoms with E-state index in [9.17, 15) is 13.6 Å². The third-order valence-corrected chi connectivity index (χ3v) is 3.40. The molecular weight excluding hydrogens is 326 g/mol. The number of benzene rings is 1. The third-order valence-electron chi connectivity index (χ3n) is 3.40. The molecule has 1 aromatic carbocycles. The van der Waals surface area contributed by atoms with E-state index in [1.54, 1.807) is 18.5 Å². The number of carbonyl (C=O) groups is 1. The van der Waals surface area contributed by atoms with Crippen LogP contribution in [0.5, 0.6) is 0 Å². The highest BCUT2D eigenvalue weighted by Crippen LogP contribution is 2.22. The Labute approximate surface area is 142 Å². The minimum atomic E-state index is -0.710. The summed E-state index contributed by atoms with van der Waals surface area (Å²) >= 11 is 0. The van der Waals surface area contributed by atoms with Gasteiger partial charge in [0, 0.05) is 18.9 Å². The number of nitrogens with one attached hydrogen (secondary N) is 2. The van der Waals surface area contributed by atoms with Gasteiger partial charge in [-0.05, 0) is 35.9 Å². The zero-order valence-electron chi connectivity index (χ0n) is 13.0. The number of para-hydroxylation sites is 1. The minimum Gasteiger partial charge on any atom is -0.349 e. The first kappa shape index (κ1) is 16.5. The summed E-state index contributed by atoms with van der Waals surface area (Å²) in [6.45, 7) is 0.328. The molecule has 0 fully saturated rings. The molecule has 0 radical (unpaired) electrons. The number of rotatable bonds is 5. The van der Waals surface area contributed by atoms with Crippen LogP contribution in [0.4, 0.5) is 20.2 Å². The summed E-state index contributed by atoms with van der Waals surface area (Å²) < 4.78 is 27.2. The van der Waals surface area contributed by atoms with Crippen molar-refractivity contribution in [2.75, 3.05) is 5.32 Å². The zero-order chi connectivity index (χ0) is 17.6. The summed E-state index contributed by atoms with van der Waals surface area (Å²) in [5.74, 6) is -1.77. The smallest absolute Gasteiger partial charge is 0.270 e. The SMILES string of the molecule is O=C(NCc1cccnc1)c1ccc(Nc2c(F)cccc2F)cn1.